The van der Waals surface area contributed by atoms with Gasteiger partial charge in [-0.2, -0.15) is 0 Å². The standard InChI is InChI=1S/C17H30N2O/c1-12(2)10-19(13(3)4)11-16(18)15-9-14(5)7-8-17(15)20-6/h7-9,12-13,16H,10-11,18H2,1-6H3. The van der Waals surface area contributed by atoms with E-state index in [2.05, 4.69) is 51.7 Å². The normalized spacial score (nSPS) is 13.3. The quantitative estimate of drug-likeness (QED) is 0.831. The molecule has 3 nitrogen and oxygen atoms in total. The van der Waals surface area contributed by atoms with E-state index in [4.69, 9.17) is 10.5 Å². The van der Waals surface area contributed by atoms with Crippen LogP contribution < -0.4 is 10.5 Å². The number of hydrogen-bond acceptors (Lipinski definition) is 3. The summed E-state index contributed by atoms with van der Waals surface area (Å²) >= 11 is 0. The minimum Gasteiger partial charge on any atom is -0.496 e. The first-order valence-electron chi connectivity index (χ1n) is 7.49. The van der Waals surface area contributed by atoms with Gasteiger partial charge in [-0.15, -0.1) is 0 Å². The molecule has 114 valence electrons. The summed E-state index contributed by atoms with van der Waals surface area (Å²) in [6.45, 7) is 13.0. The van der Waals surface area contributed by atoms with Crippen molar-refractivity contribution in [2.45, 2.75) is 46.7 Å². The molecule has 0 fully saturated rings. The third-order valence-corrected chi connectivity index (χ3v) is 3.55. The summed E-state index contributed by atoms with van der Waals surface area (Å²) in [5.74, 6) is 1.53. The van der Waals surface area contributed by atoms with Crippen LogP contribution in [-0.4, -0.2) is 31.1 Å². The molecule has 20 heavy (non-hydrogen) atoms. The van der Waals surface area contributed by atoms with Crippen molar-refractivity contribution in [3.63, 3.8) is 0 Å². The second-order valence-corrected chi connectivity index (χ2v) is 6.29. The second-order valence-electron chi connectivity index (χ2n) is 6.29. The molecule has 0 saturated carbocycles. The molecule has 0 aliphatic heterocycles. The fourth-order valence-corrected chi connectivity index (χ4v) is 2.46. The summed E-state index contributed by atoms with van der Waals surface area (Å²) in [7, 11) is 1.70. The largest absolute Gasteiger partial charge is 0.496 e. The Morgan fingerprint density at radius 1 is 1.15 bits per heavy atom. The predicted molar refractivity (Wildman–Crippen MR) is 86.2 cm³/mol. The third-order valence-electron chi connectivity index (χ3n) is 3.55. The lowest BCUT2D eigenvalue weighted by Gasteiger charge is -2.31. The highest BCUT2D eigenvalue weighted by Crippen LogP contribution is 2.26. The molecule has 3 heteroatoms. The van der Waals surface area contributed by atoms with Gasteiger partial charge >= 0.3 is 0 Å². The average molecular weight is 278 g/mol. The Labute approximate surface area is 124 Å². The van der Waals surface area contributed by atoms with Gasteiger partial charge < -0.3 is 10.5 Å². The van der Waals surface area contributed by atoms with Crippen LogP contribution in [0.5, 0.6) is 5.75 Å². The summed E-state index contributed by atoms with van der Waals surface area (Å²) in [5.41, 5.74) is 8.75. The van der Waals surface area contributed by atoms with Gasteiger partial charge in [-0.05, 0) is 32.8 Å². The second kappa shape index (κ2) is 7.65. The van der Waals surface area contributed by atoms with Gasteiger partial charge in [0.05, 0.1) is 7.11 Å². The summed E-state index contributed by atoms with van der Waals surface area (Å²) in [5, 5.41) is 0. The van der Waals surface area contributed by atoms with Gasteiger partial charge in [-0.1, -0.05) is 31.5 Å². The molecule has 1 aromatic rings. The SMILES string of the molecule is COc1ccc(C)cc1C(N)CN(CC(C)C)C(C)C. The van der Waals surface area contributed by atoms with Crippen LogP contribution in [0.4, 0.5) is 0 Å². The van der Waals surface area contributed by atoms with Crippen molar-refractivity contribution in [3.05, 3.63) is 29.3 Å². The van der Waals surface area contributed by atoms with Crippen molar-refractivity contribution in [2.24, 2.45) is 11.7 Å². The zero-order chi connectivity index (χ0) is 15.3. The van der Waals surface area contributed by atoms with E-state index in [1.54, 1.807) is 7.11 Å². The van der Waals surface area contributed by atoms with E-state index in [0.29, 0.717) is 12.0 Å². The van der Waals surface area contributed by atoms with Crippen LogP contribution in [0.15, 0.2) is 18.2 Å². The van der Waals surface area contributed by atoms with Crippen molar-refractivity contribution >= 4 is 0 Å². The zero-order valence-corrected chi connectivity index (χ0v) is 13.8. The number of methoxy groups -OCH3 is 1. The molecule has 1 atom stereocenters. The van der Waals surface area contributed by atoms with Gasteiger partial charge in [0.15, 0.2) is 0 Å². The van der Waals surface area contributed by atoms with Crippen molar-refractivity contribution in [1.29, 1.82) is 0 Å². The molecule has 1 rings (SSSR count). The van der Waals surface area contributed by atoms with Crippen LogP contribution in [0.25, 0.3) is 0 Å². The molecule has 0 amide bonds. The lowest BCUT2D eigenvalue weighted by molar-refractivity contribution is 0.185. The molecule has 0 aliphatic rings. The number of nitrogens with zero attached hydrogens (tertiary/aromatic N) is 1. The van der Waals surface area contributed by atoms with Gasteiger partial charge in [0.1, 0.15) is 5.75 Å². The fraction of sp³-hybridized carbons (Fsp3) is 0.647. The molecule has 0 heterocycles. The zero-order valence-electron chi connectivity index (χ0n) is 13.8. The number of nitrogens with two attached hydrogens (primary N) is 1. The lowest BCUT2D eigenvalue weighted by atomic mass is 10.0. The van der Waals surface area contributed by atoms with E-state index in [0.717, 1.165) is 24.4 Å². The predicted octanol–water partition coefficient (Wildman–Crippen LogP) is 3.37. The molecular formula is C17H30N2O. The van der Waals surface area contributed by atoms with Crippen LogP contribution in [0.1, 0.15) is 44.9 Å². The number of hydrogen-bond donors (Lipinski definition) is 1. The number of aryl methyl sites for hydroxylation is 1. The molecule has 0 saturated heterocycles. The maximum absolute atomic E-state index is 6.43. The van der Waals surface area contributed by atoms with Gasteiger partial charge in [0, 0.05) is 30.7 Å². The van der Waals surface area contributed by atoms with E-state index in [9.17, 15) is 0 Å². The van der Waals surface area contributed by atoms with Crippen molar-refractivity contribution in [2.75, 3.05) is 20.2 Å². The summed E-state index contributed by atoms with van der Waals surface area (Å²) < 4.78 is 5.45. The summed E-state index contributed by atoms with van der Waals surface area (Å²) in [6, 6.07) is 6.68. The Kier molecular flexibility index (Phi) is 6.50. The van der Waals surface area contributed by atoms with Crippen LogP contribution >= 0.6 is 0 Å². The summed E-state index contributed by atoms with van der Waals surface area (Å²) in [6.07, 6.45) is 0. The molecule has 2 N–H and O–H groups in total. The van der Waals surface area contributed by atoms with Gasteiger partial charge in [-0.25, -0.2) is 0 Å². The Morgan fingerprint density at radius 2 is 1.80 bits per heavy atom. The Bertz CT molecular complexity index is 415. The Morgan fingerprint density at radius 3 is 2.30 bits per heavy atom. The highest BCUT2D eigenvalue weighted by atomic mass is 16.5. The van der Waals surface area contributed by atoms with E-state index < -0.39 is 0 Å². The highest BCUT2D eigenvalue weighted by molar-refractivity contribution is 5.39. The highest BCUT2D eigenvalue weighted by Gasteiger charge is 2.18. The lowest BCUT2D eigenvalue weighted by Crippen LogP contribution is -2.39. The number of benzene rings is 1. The molecule has 0 aromatic heterocycles. The smallest absolute Gasteiger partial charge is 0.123 e. The van der Waals surface area contributed by atoms with Crippen molar-refractivity contribution < 1.29 is 4.74 Å². The van der Waals surface area contributed by atoms with E-state index >= 15 is 0 Å². The van der Waals surface area contributed by atoms with Gasteiger partial charge in [0.25, 0.3) is 0 Å². The molecule has 0 spiro atoms. The average Bonchev–Trinajstić information content (AvgIpc) is 2.37. The first-order valence-corrected chi connectivity index (χ1v) is 7.49. The first kappa shape index (κ1) is 17.0. The van der Waals surface area contributed by atoms with Crippen LogP contribution in [0, 0.1) is 12.8 Å². The minimum absolute atomic E-state index is 0.0222. The third kappa shape index (κ3) is 4.80. The first-order chi connectivity index (χ1) is 9.35. The van der Waals surface area contributed by atoms with E-state index in [1.807, 2.05) is 6.07 Å². The molecule has 0 aliphatic carbocycles. The van der Waals surface area contributed by atoms with Crippen LogP contribution in [0.2, 0.25) is 0 Å². The summed E-state index contributed by atoms with van der Waals surface area (Å²) in [4.78, 5) is 2.44. The molecule has 1 aromatic carbocycles. The molecular weight excluding hydrogens is 248 g/mol. The van der Waals surface area contributed by atoms with E-state index in [-0.39, 0.29) is 6.04 Å². The fourth-order valence-electron chi connectivity index (χ4n) is 2.46. The number of rotatable bonds is 7. The maximum Gasteiger partial charge on any atom is 0.123 e. The molecule has 0 bridgehead atoms. The topological polar surface area (TPSA) is 38.5 Å². The minimum atomic E-state index is -0.0222. The molecule has 0 radical (unpaired) electrons. The van der Waals surface area contributed by atoms with Gasteiger partial charge in [-0.3, -0.25) is 4.90 Å². The Balaban J connectivity index is 2.88. The van der Waals surface area contributed by atoms with Crippen molar-refractivity contribution in [3.8, 4) is 5.75 Å². The van der Waals surface area contributed by atoms with E-state index in [1.165, 1.54) is 5.56 Å². The monoisotopic (exact) mass is 278 g/mol. The number of ether oxygens (including phenoxy) is 1. The maximum atomic E-state index is 6.43. The van der Waals surface area contributed by atoms with Crippen LogP contribution in [-0.2, 0) is 0 Å². The van der Waals surface area contributed by atoms with Crippen molar-refractivity contribution in [1.82, 2.24) is 4.90 Å². The van der Waals surface area contributed by atoms with Gasteiger partial charge in [0.2, 0.25) is 0 Å². The van der Waals surface area contributed by atoms with Crippen LogP contribution in [0.3, 0.4) is 0 Å². The Hall–Kier alpha value is -1.06. The molecule has 1 unspecified atom stereocenters.